The van der Waals surface area contributed by atoms with Crippen LogP contribution in [0.25, 0.3) is 11.1 Å². The lowest BCUT2D eigenvalue weighted by atomic mass is 9.69. The molecular formula is C25H19F7N4O3S. The molecule has 2 heterocycles. The molecule has 0 bridgehead atoms. The van der Waals surface area contributed by atoms with Gasteiger partial charge in [-0.2, -0.15) is 17.5 Å². The Kier molecular flexibility index (Phi) is 6.85. The molecule has 1 aromatic heterocycles. The Hall–Kier alpha value is -3.59. The summed E-state index contributed by atoms with van der Waals surface area (Å²) in [5, 5.41) is 2.49. The van der Waals surface area contributed by atoms with Crippen LogP contribution in [0.5, 0.6) is 0 Å². The minimum Gasteiger partial charge on any atom is -0.351 e. The minimum absolute atomic E-state index is 0.0643. The van der Waals surface area contributed by atoms with Gasteiger partial charge in [-0.1, -0.05) is 6.07 Å². The fourth-order valence-corrected chi connectivity index (χ4v) is 6.67. The third-order valence-electron chi connectivity index (χ3n) is 7.06. The second kappa shape index (κ2) is 9.80. The number of hydrogen-bond donors (Lipinski definition) is 1. The molecule has 2 fully saturated rings. The molecule has 1 amide bonds. The van der Waals surface area contributed by atoms with Crippen molar-refractivity contribution in [3.05, 3.63) is 77.9 Å². The number of benzene rings is 2. The molecule has 212 valence electrons. The van der Waals surface area contributed by atoms with Crippen LogP contribution in [0.4, 0.5) is 30.7 Å². The SMILES string of the molecule is O=C(NCc1ccc(F)c(-c2cnc(C(F)(F)F)nc2)c1)[C@@H]1[C@H]2CC(F)(F)[C@H]2CN1S(=O)(=O)c1ccc(F)cc1. The number of nitrogens with one attached hydrogen (secondary N) is 1. The number of halogens is 7. The smallest absolute Gasteiger partial charge is 0.351 e. The van der Waals surface area contributed by atoms with Crippen LogP contribution in [0.2, 0.25) is 0 Å². The van der Waals surface area contributed by atoms with E-state index in [0.717, 1.165) is 42.7 Å². The molecule has 0 radical (unpaired) electrons. The Labute approximate surface area is 223 Å². The van der Waals surface area contributed by atoms with Crippen molar-refractivity contribution in [1.82, 2.24) is 19.6 Å². The highest BCUT2D eigenvalue weighted by molar-refractivity contribution is 7.89. The van der Waals surface area contributed by atoms with Crippen molar-refractivity contribution in [2.45, 2.75) is 36.0 Å². The van der Waals surface area contributed by atoms with Crippen molar-refractivity contribution in [3.63, 3.8) is 0 Å². The van der Waals surface area contributed by atoms with Crippen molar-refractivity contribution < 1.29 is 43.9 Å². The summed E-state index contributed by atoms with van der Waals surface area (Å²) in [5.74, 6) is -9.28. The zero-order chi connectivity index (χ0) is 29.0. The predicted molar refractivity (Wildman–Crippen MR) is 125 cm³/mol. The van der Waals surface area contributed by atoms with E-state index < -0.39 is 76.3 Å². The predicted octanol–water partition coefficient (Wildman–Crippen LogP) is 4.40. The summed E-state index contributed by atoms with van der Waals surface area (Å²) in [6.45, 7) is -0.883. The Balaban J connectivity index is 1.36. The van der Waals surface area contributed by atoms with Gasteiger partial charge in [-0.25, -0.2) is 35.9 Å². The maximum absolute atomic E-state index is 14.4. The highest BCUT2D eigenvalue weighted by Gasteiger charge is 2.67. The van der Waals surface area contributed by atoms with Gasteiger partial charge in [-0.15, -0.1) is 0 Å². The van der Waals surface area contributed by atoms with E-state index in [9.17, 15) is 43.9 Å². The number of amides is 1. The van der Waals surface area contributed by atoms with Crippen LogP contribution in [-0.4, -0.2) is 47.1 Å². The first kappa shape index (κ1) is 28.0. The molecule has 1 saturated heterocycles. The Bertz CT molecular complexity index is 1550. The quantitative estimate of drug-likeness (QED) is 0.431. The maximum Gasteiger partial charge on any atom is 0.451 e. The number of rotatable bonds is 6. The first-order valence-electron chi connectivity index (χ1n) is 11.8. The number of nitrogens with zero attached hydrogens (tertiary/aromatic N) is 3. The summed E-state index contributed by atoms with van der Waals surface area (Å²) in [6, 6.07) is 5.81. The Morgan fingerprint density at radius 2 is 1.70 bits per heavy atom. The van der Waals surface area contributed by atoms with Crippen molar-refractivity contribution in [1.29, 1.82) is 0 Å². The van der Waals surface area contributed by atoms with Crippen molar-refractivity contribution in [2.24, 2.45) is 11.8 Å². The van der Waals surface area contributed by atoms with Crippen LogP contribution in [0, 0.1) is 23.5 Å². The molecule has 0 unspecified atom stereocenters. The van der Waals surface area contributed by atoms with Crippen LogP contribution in [0.3, 0.4) is 0 Å². The Morgan fingerprint density at radius 1 is 1.05 bits per heavy atom. The second-order valence-corrected chi connectivity index (χ2v) is 11.4. The first-order valence-corrected chi connectivity index (χ1v) is 13.2. The molecule has 7 nitrogen and oxygen atoms in total. The van der Waals surface area contributed by atoms with Crippen LogP contribution in [0.1, 0.15) is 17.8 Å². The topological polar surface area (TPSA) is 92.3 Å². The number of carbonyl (C=O) groups excluding carboxylic acids is 1. The number of hydrogen-bond acceptors (Lipinski definition) is 5. The number of carbonyl (C=O) groups is 1. The highest BCUT2D eigenvalue weighted by Crippen LogP contribution is 2.56. The van der Waals surface area contributed by atoms with Gasteiger partial charge in [0.05, 0.1) is 4.90 Å². The zero-order valence-electron chi connectivity index (χ0n) is 20.2. The fourth-order valence-electron chi connectivity index (χ4n) is 5.01. The average molecular weight is 589 g/mol. The molecular weight excluding hydrogens is 569 g/mol. The zero-order valence-corrected chi connectivity index (χ0v) is 21.0. The minimum atomic E-state index is -4.79. The van der Waals surface area contributed by atoms with Gasteiger partial charge in [-0.05, 0) is 47.9 Å². The van der Waals surface area contributed by atoms with E-state index in [1.165, 1.54) is 12.1 Å². The molecule has 15 heteroatoms. The lowest BCUT2D eigenvalue weighted by molar-refractivity contribution is -0.162. The average Bonchev–Trinajstić information content (AvgIpc) is 3.24. The van der Waals surface area contributed by atoms with Gasteiger partial charge in [0.25, 0.3) is 5.92 Å². The largest absolute Gasteiger partial charge is 0.451 e. The summed E-state index contributed by atoms with van der Waals surface area (Å²) in [6.07, 6.45) is -3.89. The molecule has 3 aromatic rings. The molecule has 1 saturated carbocycles. The summed E-state index contributed by atoms with van der Waals surface area (Å²) in [7, 11) is -4.44. The van der Waals surface area contributed by atoms with Gasteiger partial charge in [0.2, 0.25) is 21.8 Å². The van der Waals surface area contributed by atoms with E-state index in [1.807, 2.05) is 0 Å². The van der Waals surface area contributed by atoms with Crippen LogP contribution in [0.15, 0.2) is 59.8 Å². The fraction of sp³-hybridized carbons (Fsp3) is 0.320. The molecule has 1 N–H and O–H groups in total. The highest BCUT2D eigenvalue weighted by atomic mass is 32.2. The van der Waals surface area contributed by atoms with Crippen LogP contribution in [-0.2, 0) is 27.5 Å². The Morgan fingerprint density at radius 3 is 2.30 bits per heavy atom. The normalized spacial score (nSPS) is 22.4. The van der Waals surface area contributed by atoms with Crippen LogP contribution >= 0.6 is 0 Å². The van der Waals surface area contributed by atoms with Crippen molar-refractivity contribution >= 4 is 15.9 Å². The van der Waals surface area contributed by atoms with Gasteiger partial charge in [-0.3, -0.25) is 4.79 Å². The van der Waals surface area contributed by atoms with E-state index >= 15 is 0 Å². The van der Waals surface area contributed by atoms with E-state index in [4.69, 9.17) is 0 Å². The number of aromatic nitrogens is 2. The summed E-state index contributed by atoms with van der Waals surface area (Å²) in [4.78, 5) is 19.2. The lowest BCUT2D eigenvalue weighted by Crippen LogP contribution is -2.53. The van der Waals surface area contributed by atoms with E-state index in [0.29, 0.717) is 4.31 Å². The third kappa shape index (κ3) is 5.03. The van der Waals surface area contributed by atoms with E-state index in [2.05, 4.69) is 15.3 Å². The molecule has 0 spiro atoms. The number of sulfonamides is 1. The molecule has 2 aliphatic rings. The molecule has 1 aliphatic heterocycles. The summed E-state index contributed by atoms with van der Waals surface area (Å²) >= 11 is 0. The van der Waals surface area contributed by atoms with Gasteiger partial charge >= 0.3 is 6.18 Å². The number of alkyl halides is 5. The monoisotopic (exact) mass is 588 g/mol. The van der Waals surface area contributed by atoms with E-state index in [-0.39, 0.29) is 28.1 Å². The van der Waals surface area contributed by atoms with Gasteiger partial charge in [0.1, 0.15) is 17.7 Å². The third-order valence-corrected chi connectivity index (χ3v) is 8.92. The second-order valence-electron chi connectivity index (χ2n) is 9.53. The van der Waals surface area contributed by atoms with Crippen molar-refractivity contribution in [2.75, 3.05) is 6.54 Å². The molecule has 5 rings (SSSR count). The van der Waals surface area contributed by atoms with Gasteiger partial charge in [0.15, 0.2) is 0 Å². The van der Waals surface area contributed by atoms with E-state index in [1.54, 1.807) is 0 Å². The molecule has 2 aromatic carbocycles. The number of fused-ring (bicyclic) bond motifs is 1. The molecule has 3 atom stereocenters. The van der Waals surface area contributed by atoms with Crippen molar-refractivity contribution in [3.8, 4) is 11.1 Å². The molecule has 1 aliphatic carbocycles. The first-order chi connectivity index (χ1) is 18.7. The van der Waals surface area contributed by atoms with Gasteiger partial charge in [0, 0.05) is 48.9 Å². The summed E-state index contributed by atoms with van der Waals surface area (Å²) < 4.78 is 122. The van der Waals surface area contributed by atoms with Gasteiger partial charge < -0.3 is 5.32 Å². The maximum atomic E-state index is 14.4. The van der Waals surface area contributed by atoms with Crippen LogP contribution < -0.4 is 5.32 Å². The lowest BCUT2D eigenvalue weighted by Gasteiger charge is -2.40. The standard InChI is InChI=1S/C25H19F7N4O3S/c26-15-2-4-16(5-3-15)40(38,39)36-12-19-18(8-24(19,28)29)21(36)22(37)33-9-13-1-6-20(27)17(7-13)14-10-34-23(35-11-14)25(30,31)32/h1-7,10-11,18-19,21H,8-9,12H2,(H,33,37)/t18-,19-,21-/m0/s1. The summed E-state index contributed by atoms with van der Waals surface area (Å²) in [5.41, 5.74) is 0.0669. The molecule has 40 heavy (non-hydrogen) atoms.